The SMILES string of the molecule is C/C=C/CCN=C(NCC)NCCc1ccc(Cl)nc1.I. The molecule has 4 nitrogen and oxygen atoms in total. The lowest BCUT2D eigenvalue weighted by Crippen LogP contribution is -2.38. The third kappa shape index (κ3) is 9.68. The van der Waals surface area contributed by atoms with Crippen molar-refractivity contribution in [2.24, 2.45) is 4.99 Å². The second-order valence-corrected chi connectivity index (χ2v) is 4.67. The van der Waals surface area contributed by atoms with Crippen molar-refractivity contribution in [3.63, 3.8) is 0 Å². The monoisotopic (exact) mass is 422 g/mol. The molecule has 0 unspecified atom stereocenters. The van der Waals surface area contributed by atoms with Crippen LogP contribution in [0.1, 0.15) is 25.8 Å². The molecule has 118 valence electrons. The van der Waals surface area contributed by atoms with Crippen LogP contribution in [0.15, 0.2) is 35.5 Å². The molecule has 0 saturated heterocycles. The normalized spacial score (nSPS) is 11.3. The Morgan fingerprint density at radius 2 is 2.19 bits per heavy atom. The minimum atomic E-state index is 0. The molecule has 0 aliphatic rings. The third-order valence-electron chi connectivity index (χ3n) is 2.64. The van der Waals surface area contributed by atoms with Crippen molar-refractivity contribution in [1.29, 1.82) is 0 Å². The lowest BCUT2D eigenvalue weighted by Gasteiger charge is -2.11. The molecule has 0 spiro atoms. The van der Waals surface area contributed by atoms with Crippen molar-refractivity contribution < 1.29 is 0 Å². The van der Waals surface area contributed by atoms with E-state index in [-0.39, 0.29) is 24.0 Å². The minimum absolute atomic E-state index is 0. The predicted octanol–water partition coefficient (Wildman–Crippen LogP) is 3.42. The highest BCUT2D eigenvalue weighted by atomic mass is 127. The molecule has 0 amide bonds. The summed E-state index contributed by atoms with van der Waals surface area (Å²) < 4.78 is 0. The first kappa shape index (κ1) is 20.2. The topological polar surface area (TPSA) is 49.3 Å². The maximum absolute atomic E-state index is 5.76. The van der Waals surface area contributed by atoms with E-state index < -0.39 is 0 Å². The zero-order chi connectivity index (χ0) is 14.6. The number of guanidine groups is 1. The van der Waals surface area contributed by atoms with Crippen molar-refractivity contribution in [3.05, 3.63) is 41.2 Å². The molecule has 6 heteroatoms. The van der Waals surface area contributed by atoms with E-state index in [1.165, 1.54) is 0 Å². The summed E-state index contributed by atoms with van der Waals surface area (Å²) in [6.07, 6.45) is 7.83. The number of nitrogens with one attached hydrogen (secondary N) is 2. The first-order valence-corrected chi connectivity index (χ1v) is 7.37. The summed E-state index contributed by atoms with van der Waals surface area (Å²) in [5.74, 6) is 0.860. The highest BCUT2D eigenvalue weighted by Gasteiger charge is 1.98. The maximum atomic E-state index is 5.76. The van der Waals surface area contributed by atoms with Crippen LogP contribution in [-0.2, 0) is 6.42 Å². The second-order valence-electron chi connectivity index (χ2n) is 4.28. The molecule has 2 N–H and O–H groups in total. The van der Waals surface area contributed by atoms with Crippen LogP contribution in [0.5, 0.6) is 0 Å². The first-order chi connectivity index (χ1) is 9.76. The van der Waals surface area contributed by atoms with Crippen LogP contribution < -0.4 is 10.6 Å². The number of pyridine rings is 1. The maximum Gasteiger partial charge on any atom is 0.191 e. The fourth-order valence-corrected chi connectivity index (χ4v) is 1.75. The van der Waals surface area contributed by atoms with E-state index >= 15 is 0 Å². The van der Waals surface area contributed by atoms with Crippen molar-refractivity contribution in [2.45, 2.75) is 26.7 Å². The van der Waals surface area contributed by atoms with Crippen molar-refractivity contribution >= 4 is 41.5 Å². The van der Waals surface area contributed by atoms with Crippen molar-refractivity contribution in [2.75, 3.05) is 19.6 Å². The Balaban J connectivity index is 0.00000400. The summed E-state index contributed by atoms with van der Waals surface area (Å²) in [6.45, 7) is 6.55. The number of aliphatic imine (C=N–C) groups is 1. The summed E-state index contributed by atoms with van der Waals surface area (Å²) in [6, 6.07) is 3.81. The van der Waals surface area contributed by atoms with Crippen LogP contribution >= 0.6 is 35.6 Å². The van der Waals surface area contributed by atoms with E-state index in [0.29, 0.717) is 5.15 Å². The lowest BCUT2D eigenvalue weighted by atomic mass is 10.2. The first-order valence-electron chi connectivity index (χ1n) is 7.00. The van der Waals surface area contributed by atoms with Crippen LogP contribution in [0.2, 0.25) is 5.15 Å². The molecule has 0 fully saturated rings. The quantitative estimate of drug-likeness (QED) is 0.177. The summed E-state index contributed by atoms with van der Waals surface area (Å²) in [5.41, 5.74) is 1.16. The van der Waals surface area contributed by atoms with Crippen LogP contribution in [0.3, 0.4) is 0 Å². The zero-order valence-electron chi connectivity index (χ0n) is 12.6. The zero-order valence-corrected chi connectivity index (χ0v) is 15.7. The predicted molar refractivity (Wildman–Crippen MR) is 102 cm³/mol. The van der Waals surface area contributed by atoms with Gasteiger partial charge in [-0.2, -0.15) is 0 Å². The highest BCUT2D eigenvalue weighted by molar-refractivity contribution is 14.0. The average molecular weight is 423 g/mol. The van der Waals surface area contributed by atoms with E-state index in [1.54, 1.807) is 6.20 Å². The van der Waals surface area contributed by atoms with Gasteiger partial charge < -0.3 is 10.6 Å². The molecule has 1 heterocycles. The van der Waals surface area contributed by atoms with Gasteiger partial charge in [-0.1, -0.05) is 29.8 Å². The number of allylic oxidation sites excluding steroid dienone is 1. The fourth-order valence-electron chi connectivity index (χ4n) is 1.64. The standard InChI is InChI=1S/C15H23ClN4.HI/c1-3-5-6-10-18-15(17-4-2)19-11-9-13-7-8-14(16)20-12-13;/h3,5,7-8,12H,4,6,9-11H2,1-2H3,(H2,17,18,19);1H/b5-3+;. The van der Waals surface area contributed by atoms with Gasteiger partial charge >= 0.3 is 0 Å². The fraction of sp³-hybridized carbons (Fsp3) is 0.467. The van der Waals surface area contributed by atoms with Gasteiger partial charge in [-0.15, -0.1) is 24.0 Å². The van der Waals surface area contributed by atoms with Crippen molar-refractivity contribution in [1.82, 2.24) is 15.6 Å². The summed E-state index contributed by atoms with van der Waals surface area (Å²) in [5, 5.41) is 7.08. The third-order valence-corrected chi connectivity index (χ3v) is 2.86. The van der Waals surface area contributed by atoms with Gasteiger partial charge in [-0.3, -0.25) is 4.99 Å². The van der Waals surface area contributed by atoms with Crippen LogP contribution in [0.4, 0.5) is 0 Å². The highest BCUT2D eigenvalue weighted by Crippen LogP contribution is 2.05. The van der Waals surface area contributed by atoms with Crippen molar-refractivity contribution in [3.8, 4) is 0 Å². The summed E-state index contributed by atoms with van der Waals surface area (Å²) in [7, 11) is 0. The van der Waals surface area contributed by atoms with E-state index in [4.69, 9.17) is 11.6 Å². The number of aromatic nitrogens is 1. The number of nitrogens with zero attached hydrogens (tertiary/aromatic N) is 2. The molecule has 0 aliphatic carbocycles. The average Bonchev–Trinajstić information content (AvgIpc) is 2.45. The number of rotatable bonds is 7. The number of hydrogen-bond acceptors (Lipinski definition) is 2. The van der Waals surface area contributed by atoms with Gasteiger partial charge in [0.25, 0.3) is 0 Å². The van der Waals surface area contributed by atoms with E-state index in [1.807, 2.05) is 25.1 Å². The van der Waals surface area contributed by atoms with Gasteiger partial charge in [0.1, 0.15) is 5.15 Å². The molecular weight excluding hydrogens is 399 g/mol. The Morgan fingerprint density at radius 3 is 2.81 bits per heavy atom. The molecule has 0 aliphatic heterocycles. The van der Waals surface area contributed by atoms with Gasteiger partial charge in [0, 0.05) is 25.8 Å². The van der Waals surface area contributed by atoms with E-state index in [9.17, 15) is 0 Å². The molecule has 21 heavy (non-hydrogen) atoms. The van der Waals surface area contributed by atoms with Gasteiger partial charge in [0.05, 0.1) is 0 Å². The van der Waals surface area contributed by atoms with E-state index in [0.717, 1.165) is 44.0 Å². The molecule has 1 rings (SSSR count). The largest absolute Gasteiger partial charge is 0.357 e. The molecule has 0 radical (unpaired) electrons. The molecule has 0 aromatic carbocycles. The Kier molecular flexibility index (Phi) is 12.4. The Labute approximate surface area is 149 Å². The van der Waals surface area contributed by atoms with Crippen LogP contribution in [-0.4, -0.2) is 30.6 Å². The Hall–Kier alpha value is -0.820. The van der Waals surface area contributed by atoms with Gasteiger partial charge in [-0.25, -0.2) is 4.98 Å². The smallest absolute Gasteiger partial charge is 0.191 e. The molecule has 0 bridgehead atoms. The summed E-state index contributed by atoms with van der Waals surface area (Å²) in [4.78, 5) is 8.57. The Bertz CT molecular complexity index is 432. The van der Waals surface area contributed by atoms with E-state index in [2.05, 4.69) is 33.6 Å². The van der Waals surface area contributed by atoms with Gasteiger partial charge in [-0.05, 0) is 38.3 Å². The molecule has 1 aromatic rings. The second kappa shape index (κ2) is 12.9. The van der Waals surface area contributed by atoms with Gasteiger partial charge in [0.2, 0.25) is 0 Å². The van der Waals surface area contributed by atoms with Crippen LogP contribution in [0, 0.1) is 0 Å². The minimum Gasteiger partial charge on any atom is -0.357 e. The van der Waals surface area contributed by atoms with Crippen LogP contribution in [0.25, 0.3) is 0 Å². The lowest BCUT2D eigenvalue weighted by molar-refractivity contribution is 0.797. The summed E-state index contributed by atoms with van der Waals surface area (Å²) >= 11 is 5.76. The molecular formula is C15H24ClIN4. The number of halogens is 2. The number of hydrogen-bond donors (Lipinski definition) is 2. The molecule has 1 aromatic heterocycles. The Morgan fingerprint density at radius 1 is 1.38 bits per heavy atom. The van der Waals surface area contributed by atoms with Gasteiger partial charge in [0.15, 0.2) is 5.96 Å². The molecule has 0 saturated carbocycles. The molecule has 0 atom stereocenters.